The Morgan fingerprint density at radius 1 is 1.56 bits per heavy atom. The summed E-state index contributed by atoms with van der Waals surface area (Å²) in [7, 11) is 1.55. The molecular formula is C13H18N2O3. The molecule has 98 valence electrons. The van der Waals surface area contributed by atoms with Gasteiger partial charge in [-0.2, -0.15) is 0 Å². The van der Waals surface area contributed by atoms with E-state index in [1.165, 1.54) is 0 Å². The van der Waals surface area contributed by atoms with Crippen LogP contribution in [0.2, 0.25) is 0 Å². The molecule has 1 aromatic carbocycles. The van der Waals surface area contributed by atoms with E-state index in [0.29, 0.717) is 36.8 Å². The third-order valence-corrected chi connectivity index (χ3v) is 3.08. The van der Waals surface area contributed by atoms with Gasteiger partial charge in [-0.3, -0.25) is 4.79 Å². The van der Waals surface area contributed by atoms with Crippen molar-refractivity contribution in [2.45, 2.75) is 13.0 Å². The third-order valence-electron chi connectivity index (χ3n) is 3.08. The monoisotopic (exact) mass is 250 g/mol. The second-order valence-corrected chi connectivity index (χ2v) is 4.38. The molecule has 1 aromatic rings. The number of amides is 1. The van der Waals surface area contributed by atoms with E-state index >= 15 is 0 Å². The molecule has 1 aliphatic rings. The Morgan fingerprint density at radius 3 is 3.00 bits per heavy atom. The SMILES string of the molecule is COc1ccc(N)cc1C(=O)N1CCOC[C@H]1C. The number of carbonyl (C=O) groups is 1. The second-order valence-electron chi connectivity index (χ2n) is 4.38. The van der Waals surface area contributed by atoms with Crippen LogP contribution in [0.4, 0.5) is 5.69 Å². The molecule has 0 spiro atoms. The molecule has 1 heterocycles. The number of carbonyl (C=O) groups excluding carboxylic acids is 1. The molecule has 1 saturated heterocycles. The van der Waals surface area contributed by atoms with Crippen molar-refractivity contribution in [3.05, 3.63) is 23.8 Å². The molecule has 0 aromatic heterocycles. The highest BCUT2D eigenvalue weighted by Crippen LogP contribution is 2.24. The molecule has 2 rings (SSSR count). The molecule has 0 bridgehead atoms. The van der Waals surface area contributed by atoms with Gasteiger partial charge in [-0.1, -0.05) is 0 Å². The fourth-order valence-corrected chi connectivity index (χ4v) is 2.08. The van der Waals surface area contributed by atoms with Crippen LogP contribution >= 0.6 is 0 Å². The van der Waals surface area contributed by atoms with Gasteiger partial charge < -0.3 is 20.1 Å². The lowest BCUT2D eigenvalue weighted by atomic mass is 10.1. The van der Waals surface area contributed by atoms with Crippen molar-refractivity contribution in [2.75, 3.05) is 32.6 Å². The summed E-state index contributed by atoms with van der Waals surface area (Å²) in [5, 5.41) is 0. The zero-order chi connectivity index (χ0) is 13.1. The second kappa shape index (κ2) is 5.27. The Hall–Kier alpha value is -1.75. The maximum Gasteiger partial charge on any atom is 0.258 e. The molecule has 1 atom stereocenters. The van der Waals surface area contributed by atoms with Crippen molar-refractivity contribution in [1.29, 1.82) is 0 Å². The van der Waals surface area contributed by atoms with Crippen molar-refractivity contribution in [3.63, 3.8) is 0 Å². The lowest BCUT2D eigenvalue weighted by Crippen LogP contribution is -2.47. The summed E-state index contributed by atoms with van der Waals surface area (Å²) in [6, 6.07) is 5.16. The number of rotatable bonds is 2. The van der Waals surface area contributed by atoms with Crippen LogP contribution in [0.25, 0.3) is 0 Å². The average molecular weight is 250 g/mol. The van der Waals surface area contributed by atoms with E-state index in [1.807, 2.05) is 6.92 Å². The van der Waals surface area contributed by atoms with Gasteiger partial charge in [0.2, 0.25) is 0 Å². The number of anilines is 1. The highest BCUT2D eigenvalue weighted by molar-refractivity contribution is 5.98. The highest BCUT2D eigenvalue weighted by atomic mass is 16.5. The molecule has 18 heavy (non-hydrogen) atoms. The number of benzene rings is 1. The van der Waals surface area contributed by atoms with Gasteiger partial charge in [-0.25, -0.2) is 0 Å². The summed E-state index contributed by atoms with van der Waals surface area (Å²) < 4.78 is 10.5. The maximum absolute atomic E-state index is 12.5. The summed E-state index contributed by atoms with van der Waals surface area (Å²) >= 11 is 0. The van der Waals surface area contributed by atoms with Gasteiger partial charge >= 0.3 is 0 Å². The van der Waals surface area contributed by atoms with Crippen molar-refractivity contribution in [3.8, 4) is 5.75 Å². The number of methoxy groups -OCH3 is 1. The lowest BCUT2D eigenvalue weighted by molar-refractivity contribution is 0.00344. The predicted molar refractivity (Wildman–Crippen MR) is 68.7 cm³/mol. The Morgan fingerprint density at radius 2 is 2.33 bits per heavy atom. The first-order valence-corrected chi connectivity index (χ1v) is 5.95. The van der Waals surface area contributed by atoms with Gasteiger partial charge in [0.15, 0.2) is 0 Å². The molecular weight excluding hydrogens is 232 g/mol. The number of morpholine rings is 1. The van der Waals surface area contributed by atoms with E-state index in [9.17, 15) is 4.79 Å². The zero-order valence-electron chi connectivity index (χ0n) is 10.7. The molecule has 1 fully saturated rings. The standard InChI is InChI=1S/C13H18N2O3/c1-9-8-18-6-5-15(9)13(16)11-7-10(14)3-4-12(11)17-2/h3-4,7,9H,5-6,8,14H2,1-2H3/t9-/m1/s1. The molecule has 5 nitrogen and oxygen atoms in total. The third kappa shape index (κ3) is 2.41. The molecule has 1 aliphatic heterocycles. The smallest absolute Gasteiger partial charge is 0.258 e. The van der Waals surface area contributed by atoms with E-state index in [-0.39, 0.29) is 11.9 Å². The lowest BCUT2D eigenvalue weighted by Gasteiger charge is -2.33. The minimum atomic E-state index is -0.0602. The van der Waals surface area contributed by atoms with E-state index in [2.05, 4.69) is 0 Å². The van der Waals surface area contributed by atoms with E-state index in [0.717, 1.165) is 0 Å². The van der Waals surface area contributed by atoms with Crippen LogP contribution in [0.15, 0.2) is 18.2 Å². The maximum atomic E-state index is 12.5. The number of ether oxygens (including phenoxy) is 2. The first-order valence-electron chi connectivity index (χ1n) is 5.95. The van der Waals surface area contributed by atoms with Crippen LogP contribution in [-0.4, -0.2) is 43.7 Å². The summed E-state index contributed by atoms with van der Waals surface area (Å²) in [5.74, 6) is 0.489. The van der Waals surface area contributed by atoms with Gasteiger partial charge in [0.1, 0.15) is 5.75 Å². The van der Waals surface area contributed by atoms with Crippen molar-refractivity contribution in [2.24, 2.45) is 0 Å². The molecule has 0 saturated carbocycles. The molecule has 0 radical (unpaired) electrons. The topological polar surface area (TPSA) is 64.8 Å². The summed E-state index contributed by atoms with van der Waals surface area (Å²) in [5.41, 5.74) is 6.79. The Kier molecular flexibility index (Phi) is 3.72. The van der Waals surface area contributed by atoms with Gasteiger partial charge in [-0.15, -0.1) is 0 Å². The summed E-state index contributed by atoms with van der Waals surface area (Å²) in [6.07, 6.45) is 0. The molecule has 5 heteroatoms. The van der Waals surface area contributed by atoms with E-state index in [4.69, 9.17) is 15.2 Å². The fourth-order valence-electron chi connectivity index (χ4n) is 2.08. The van der Waals surface area contributed by atoms with Crippen LogP contribution in [0.1, 0.15) is 17.3 Å². The van der Waals surface area contributed by atoms with Gasteiger partial charge in [0, 0.05) is 12.2 Å². The van der Waals surface area contributed by atoms with E-state index < -0.39 is 0 Å². The van der Waals surface area contributed by atoms with Crippen molar-refractivity contribution < 1.29 is 14.3 Å². The van der Waals surface area contributed by atoms with Crippen molar-refractivity contribution in [1.82, 2.24) is 4.90 Å². The van der Waals surface area contributed by atoms with Gasteiger partial charge in [0.25, 0.3) is 5.91 Å². The Labute approximate surface area is 106 Å². The molecule has 1 amide bonds. The zero-order valence-corrected chi connectivity index (χ0v) is 10.7. The van der Waals surface area contributed by atoms with Crippen LogP contribution in [-0.2, 0) is 4.74 Å². The molecule has 0 aliphatic carbocycles. The predicted octanol–water partition coefficient (Wildman–Crippen LogP) is 1.14. The minimum Gasteiger partial charge on any atom is -0.496 e. The molecule has 2 N–H and O–H groups in total. The van der Waals surface area contributed by atoms with Crippen molar-refractivity contribution >= 4 is 11.6 Å². The van der Waals surface area contributed by atoms with E-state index in [1.54, 1.807) is 30.2 Å². The summed E-state index contributed by atoms with van der Waals surface area (Å²) in [6.45, 7) is 3.70. The first-order chi connectivity index (χ1) is 8.63. The number of hydrogen-bond acceptors (Lipinski definition) is 4. The Bertz CT molecular complexity index is 448. The largest absolute Gasteiger partial charge is 0.496 e. The first kappa shape index (κ1) is 12.7. The Balaban J connectivity index is 2.29. The van der Waals surface area contributed by atoms with Gasteiger partial charge in [0.05, 0.1) is 31.9 Å². The normalized spacial score (nSPS) is 19.7. The highest BCUT2D eigenvalue weighted by Gasteiger charge is 2.26. The quantitative estimate of drug-likeness (QED) is 0.799. The van der Waals surface area contributed by atoms with Crippen LogP contribution in [0.5, 0.6) is 5.75 Å². The van der Waals surface area contributed by atoms with Crippen LogP contribution < -0.4 is 10.5 Å². The average Bonchev–Trinajstić information content (AvgIpc) is 2.38. The van der Waals surface area contributed by atoms with Gasteiger partial charge in [-0.05, 0) is 25.1 Å². The molecule has 0 unspecified atom stereocenters. The number of nitrogens with zero attached hydrogens (tertiary/aromatic N) is 1. The number of nitrogen functional groups attached to an aromatic ring is 1. The number of nitrogens with two attached hydrogens (primary N) is 1. The fraction of sp³-hybridized carbons (Fsp3) is 0.462. The number of hydrogen-bond donors (Lipinski definition) is 1. The minimum absolute atomic E-state index is 0.0602. The van der Waals surface area contributed by atoms with Crippen LogP contribution in [0, 0.1) is 0 Å². The van der Waals surface area contributed by atoms with Crippen LogP contribution in [0.3, 0.4) is 0 Å². The summed E-state index contributed by atoms with van der Waals surface area (Å²) in [4.78, 5) is 14.3.